The maximum Gasteiger partial charge on any atom is 0.251 e. The van der Waals surface area contributed by atoms with Crippen LogP contribution in [0.3, 0.4) is 0 Å². The number of hydrogen-bond acceptors (Lipinski definition) is 4. The van der Waals surface area contributed by atoms with Crippen molar-refractivity contribution in [2.24, 2.45) is 4.99 Å². The van der Waals surface area contributed by atoms with Crippen molar-refractivity contribution in [1.29, 1.82) is 0 Å². The molecule has 7 heteroatoms. The predicted octanol–water partition coefficient (Wildman–Crippen LogP) is 2.61. The van der Waals surface area contributed by atoms with Crippen molar-refractivity contribution in [2.45, 2.75) is 13.0 Å². The van der Waals surface area contributed by atoms with Crippen LogP contribution in [0.4, 0.5) is 0 Å². The zero-order valence-corrected chi connectivity index (χ0v) is 16.6. The molecule has 3 N–H and O–H groups in total. The Bertz CT molecular complexity index is 966. The third-order valence-electron chi connectivity index (χ3n) is 4.36. The molecule has 0 bridgehead atoms. The molecule has 0 fully saturated rings. The SMILES string of the molecule is CN=C(NCCc1cccc(C(=O)NC)c1)NCc1coc(-c2ccccc2)n1. The largest absolute Gasteiger partial charge is 0.444 e. The van der Waals surface area contributed by atoms with E-state index in [0.717, 1.165) is 23.2 Å². The van der Waals surface area contributed by atoms with E-state index in [1.165, 1.54) is 0 Å². The molecule has 0 aliphatic rings. The van der Waals surface area contributed by atoms with Gasteiger partial charge in [0.2, 0.25) is 5.89 Å². The van der Waals surface area contributed by atoms with Crippen LogP contribution < -0.4 is 16.0 Å². The number of amides is 1. The first-order valence-corrected chi connectivity index (χ1v) is 9.45. The fourth-order valence-electron chi connectivity index (χ4n) is 2.83. The Labute approximate surface area is 170 Å². The molecule has 0 aliphatic heterocycles. The van der Waals surface area contributed by atoms with Gasteiger partial charge in [0.15, 0.2) is 5.96 Å². The topological polar surface area (TPSA) is 91.5 Å². The highest BCUT2D eigenvalue weighted by Crippen LogP contribution is 2.17. The van der Waals surface area contributed by atoms with Crippen LogP contribution in [0.1, 0.15) is 21.6 Å². The van der Waals surface area contributed by atoms with E-state index in [4.69, 9.17) is 4.42 Å². The van der Waals surface area contributed by atoms with E-state index < -0.39 is 0 Å². The first kappa shape index (κ1) is 20.1. The van der Waals surface area contributed by atoms with Gasteiger partial charge in [-0.25, -0.2) is 4.98 Å². The second-order valence-electron chi connectivity index (χ2n) is 6.39. The molecule has 0 saturated heterocycles. The number of hydrogen-bond donors (Lipinski definition) is 3. The van der Waals surface area contributed by atoms with Gasteiger partial charge in [-0.05, 0) is 36.2 Å². The molecule has 29 heavy (non-hydrogen) atoms. The highest BCUT2D eigenvalue weighted by atomic mass is 16.3. The minimum Gasteiger partial charge on any atom is -0.444 e. The van der Waals surface area contributed by atoms with Crippen LogP contribution in [-0.4, -0.2) is 37.5 Å². The van der Waals surface area contributed by atoms with Crippen molar-refractivity contribution < 1.29 is 9.21 Å². The highest BCUT2D eigenvalue weighted by molar-refractivity contribution is 5.94. The molecule has 1 heterocycles. The van der Waals surface area contributed by atoms with Crippen LogP contribution in [0.25, 0.3) is 11.5 Å². The van der Waals surface area contributed by atoms with E-state index >= 15 is 0 Å². The van der Waals surface area contributed by atoms with E-state index in [-0.39, 0.29) is 5.91 Å². The Morgan fingerprint density at radius 3 is 2.69 bits per heavy atom. The average Bonchev–Trinajstić information content (AvgIpc) is 3.25. The number of benzene rings is 2. The number of guanidine groups is 1. The molecule has 0 spiro atoms. The molecule has 0 atom stereocenters. The van der Waals surface area contributed by atoms with Crippen LogP contribution in [0, 0.1) is 0 Å². The van der Waals surface area contributed by atoms with Crippen molar-refractivity contribution in [3.05, 3.63) is 77.7 Å². The van der Waals surface area contributed by atoms with Gasteiger partial charge in [-0.1, -0.05) is 30.3 Å². The van der Waals surface area contributed by atoms with E-state index in [9.17, 15) is 4.79 Å². The molecule has 2 aromatic carbocycles. The van der Waals surface area contributed by atoms with Crippen LogP contribution in [0.15, 0.2) is 70.3 Å². The van der Waals surface area contributed by atoms with Gasteiger partial charge in [0.25, 0.3) is 5.91 Å². The zero-order valence-electron chi connectivity index (χ0n) is 16.6. The molecule has 0 saturated carbocycles. The summed E-state index contributed by atoms with van der Waals surface area (Å²) in [6.45, 7) is 1.19. The molecule has 1 aromatic heterocycles. The predicted molar refractivity (Wildman–Crippen MR) is 114 cm³/mol. The first-order chi connectivity index (χ1) is 14.2. The summed E-state index contributed by atoms with van der Waals surface area (Å²) >= 11 is 0. The van der Waals surface area contributed by atoms with E-state index in [0.29, 0.717) is 30.5 Å². The van der Waals surface area contributed by atoms with Gasteiger partial charge in [0, 0.05) is 31.8 Å². The van der Waals surface area contributed by atoms with Crippen molar-refractivity contribution in [3.63, 3.8) is 0 Å². The normalized spacial score (nSPS) is 11.2. The minimum atomic E-state index is -0.0835. The molecule has 0 radical (unpaired) electrons. The number of oxazole rings is 1. The number of carbonyl (C=O) groups excluding carboxylic acids is 1. The van der Waals surface area contributed by atoms with Crippen molar-refractivity contribution >= 4 is 11.9 Å². The first-order valence-electron chi connectivity index (χ1n) is 9.45. The third kappa shape index (κ3) is 5.68. The number of carbonyl (C=O) groups is 1. The van der Waals surface area contributed by atoms with Gasteiger partial charge in [-0.3, -0.25) is 9.79 Å². The number of nitrogens with one attached hydrogen (secondary N) is 3. The number of aliphatic imine (C=N–C) groups is 1. The monoisotopic (exact) mass is 391 g/mol. The second-order valence-corrected chi connectivity index (χ2v) is 6.39. The van der Waals surface area contributed by atoms with Crippen molar-refractivity contribution in [1.82, 2.24) is 20.9 Å². The van der Waals surface area contributed by atoms with Gasteiger partial charge in [0.05, 0.1) is 12.2 Å². The number of rotatable bonds is 7. The quantitative estimate of drug-likeness (QED) is 0.425. The Balaban J connectivity index is 1.48. The van der Waals surface area contributed by atoms with Gasteiger partial charge in [0.1, 0.15) is 6.26 Å². The Morgan fingerprint density at radius 2 is 1.93 bits per heavy atom. The van der Waals surface area contributed by atoms with E-state index in [1.54, 1.807) is 26.4 Å². The van der Waals surface area contributed by atoms with Crippen molar-refractivity contribution in [3.8, 4) is 11.5 Å². The summed E-state index contributed by atoms with van der Waals surface area (Å²) in [5.74, 6) is 1.19. The molecule has 150 valence electrons. The van der Waals surface area contributed by atoms with Crippen LogP contribution in [0.5, 0.6) is 0 Å². The highest BCUT2D eigenvalue weighted by Gasteiger charge is 2.07. The Morgan fingerprint density at radius 1 is 1.10 bits per heavy atom. The Hall–Kier alpha value is -3.61. The van der Waals surface area contributed by atoms with Gasteiger partial charge < -0.3 is 20.4 Å². The zero-order chi connectivity index (χ0) is 20.5. The maximum atomic E-state index is 11.7. The summed E-state index contributed by atoms with van der Waals surface area (Å²) in [5, 5.41) is 9.14. The lowest BCUT2D eigenvalue weighted by molar-refractivity contribution is 0.0963. The summed E-state index contributed by atoms with van der Waals surface area (Å²) in [7, 11) is 3.35. The molecule has 0 aliphatic carbocycles. The third-order valence-corrected chi connectivity index (χ3v) is 4.36. The molecule has 1 amide bonds. The maximum absolute atomic E-state index is 11.7. The molecule has 3 rings (SSSR count). The molecular weight excluding hydrogens is 366 g/mol. The number of nitrogens with zero attached hydrogens (tertiary/aromatic N) is 2. The van der Waals surface area contributed by atoms with Gasteiger partial charge in [-0.2, -0.15) is 0 Å². The molecular formula is C22H25N5O2. The van der Waals surface area contributed by atoms with Crippen LogP contribution in [-0.2, 0) is 13.0 Å². The van der Waals surface area contributed by atoms with Gasteiger partial charge in [-0.15, -0.1) is 0 Å². The molecule has 0 unspecified atom stereocenters. The van der Waals surface area contributed by atoms with Gasteiger partial charge >= 0.3 is 0 Å². The van der Waals surface area contributed by atoms with Crippen molar-refractivity contribution in [2.75, 3.05) is 20.6 Å². The summed E-state index contributed by atoms with van der Waals surface area (Å²) in [6.07, 6.45) is 2.42. The smallest absolute Gasteiger partial charge is 0.251 e. The Kier molecular flexibility index (Phi) is 7.00. The van der Waals surface area contributed by atoms with Crippen LogP contribution in [0.2, 0.25) is 0 Å². The second kappa shape index (κ2) is 10.1. The number of aromatic nitrogens is 1. The van der Waals surface area contributed by atoms with E-state index in [2.05, 4.69) is 25.9 Å². The fraction of sp³-hybridized carbons (Fsp3) is 0.227. The summed E-state index contributed by atoms with van der Waals surface area (Å²) in [5.41, 5.74) is 3.48. The summed E-state index contributed by atoms with van der Waals surface area (Å²) in [6, 6.07) is 17.4. The average molecular weight is 391 g/mol. The molecule has 7 nitrogen and oxygen atoms in total. The lowest BCUT2D eigenvalue weighted by Gasteiger charge is -2.11. The van der Waals surface area contributed by atoms with E-state index in [1.807, 2.05) is 48.5 Å². The lowest BCUT2D eigenvalue weighted by atomic mass is 10.1. The minimum absolute atomic E-state index is 0.0835. The standard InChI is InChI=1S/C22H25N5O2/c1-23-20(28)18-10-6-7-16(13-18)11-12-25-22(24-2)26-14-19-15-29-21(27-19)17-8-4-3-5-9-17/h3-10,13,15H,11-12,14H2,1-2H3,(H,23,28)(H2,24,25,26). The fourth-order valence-corrected chi connectivity index (χ4v) is 2.83. The summed E-state index contributed by atoms with van der Waals surface area (Å²) in [4.78, 5) is 20.5. The lowest BCUT2D eigenvalue weighted by Crippen LogP contribution is -2.37. The van der Waals surface area contributed by atoms with Crippen LogP contribution >= 0.6 is 0 Å². The summed E-state index contributed by atoms with van der Waals surface area (Å²) < 4.78 is 5.55. The molecule has 3 aromatic rings.